The van der Waals surface area contributed by atoms with Crippen molar-refractivity contribution in [1.29, 1.82) is 0 Å². The second-order valence-electron chi connectivity index (χ2n) is 4.30. The summed E-state index contributed by atoms with van der Waals surface area (Å²) in [5.74, 6) is 0.762. The normalized spacial score (nSPS) is 12.1. The highest BCUT2D eigenvalue weighted by Gasteiger charge is 2.11. The third-order valence-corrected chi connectivity index (χ3v) is 2.91. The number of aliphatic hydroxyl groups excluding tert-OH is 1. The smallest absolute Gasteiger partial charge is 0.119 e. The van der Waals surface area contributed by atoms with Crippen LogP contribution in [-0.4, -0.2) is 16.7 Å². The number of aromatic nitrogens is 1. The van der Waals surface area contributed by atoms with E-state index in [4.69, 9.17) is 10.5 Å². The van der Waals surface area contributed by atoms with Gasteiger partial charge in [0, 0.05) is 24.5 Å². The number of anilines is 1. The van der Waals surface area contributed by atoms with Crippen LogP contribution in [0.3, 0.4) is 0 Å². The number of hydrogen-bond donors (Lipinski definition) is 2. The van der Waals surface area contributed by atoms with Gasteiger partial charge in [0.25, 0.3) is 0 Å². The summed E-state index contributed by atoms with van der Waals surface area (Å²) in [5.41, 5.74) is 8.16. The summed E-state index contributed by atoms with van der Waals surface area (Å²) in [6.07, 6.45) is 3.15. The molecule has 1 atom stereocenters. The fraction of sp³-hybridized carbons (Fsp3) is 0.267. The summed E-state index contributed by atoms with van der Waals surface area (Å²) in [4.78, 5) is 4.02. The molecule has 0 fully saturated rings. The number of ether oxygens (including phenoxy) is 1. The van der Waals surface area contributed by atoms with Gasteiger partial charge in [0.15, 0.2) is 0 Å². The quantitative estimate of drug-likeness (QED) is 0.863. The number of benzene rings is 1. The average molecular weight is 258 g/mol. The van der Waals surface area contributed by atoms with E-state index >= 15 is 0 Å². The molecule has 0 bridgehead atoms. The maximum absolute atomic E-state index is 10.3. The number of pyridine rings is 1. The van der Waals surface area contributed by atoms with Crippen molar-refractivity contribution in [2.75, 3.05) is 12.3 Å². The Hall–Kier alpha value is -2.07. The van der Waals surface area contributed by atoms with Gasteiger partial charge >= 0.3 is 0 Å². The number of nitrogens with two attached hydrogens (primary N) is 1. The summed E-state index contributed by atoms with van der Waals surface area (Å²) in [6.45, 7) is 2.54. The minimum Gasteiger partial charge on any atom is -0.494 e. The van der Waals surface area contributed by atoms with Gasteiger partial charge in [-0.25, -0.2) is 0 Å². The Morgan fingerprint density at radius 2 is 2.21 bits per heavy atom. The Bertz CT molecular complexity index is 543. The van der Waals surface area contributed by atoms with E-state index in [0.29, 0.717) is 18.7 Å². The Balaban J connectivity index is 2.13. The van der Waals surface area contributed by atoms with E-state index in [1.807, 2.05) is 31.2 Å². The van der Waals surface area contributed by atoms with Crippen molar-refractivity contribution >= 4 is 5.69 Å². The predicted molar refractivity (Wildman–Crippen MR) is 74.9 cm³/mol. The largest absolute Gasteiger partial charge is 0.494 e. The molecule has 100 valence electrons. The predicted octanol–water partition coefficient (Wildman–Crippen LogP) is 2.34. The zero-order valence-corrected chi connectivity index (χ0v) is 10.9. The number of aliphatic hydroxyl groups is 1. The van der Waals surface area contributed by atoms with Gasteiger partial charge in [-0.15, -0.1) is 0 Å². The van der Waals surface area contributed by atoms with E-state index in [2.05, 4.69) is 4.98 Å². The summed E-state index contributed by atoms with van der Waals surface area (Å²) in [6, 6.07) is 9.20. The molecule has 2 aromatic rings. The molecule has 0 aliphatic heterocycles. The van der Waals surface area contributed by atoms with E-state index in [9.17, 15) is 5.11 Å². The van der Waals surface area contributed by atoms with Crippen LogP contribution in [0.15, 0.2) is 42.7 Å². The van der Waals surface area contributed by atoms with Crippen LogP contribution in [0, 0.1) is 0 Å². The van der Waals surface area contributed by atoms with Crippen molar-refractivity contribution in [3.63, 3.8) is 0 Å². The van der Waals surface area contributed by atoms with Crippen molar-refractivity contribution < 1.29 is 9.84 Å². The van der Waals surface area contributed by atoms with E-state index in [1.54, 1.807) is 18.5 Å². The van der Waals surface area contributed by atoms with Gasteiger partial charge < -0.3 is 15.6 Å². The Kier molecular flexibility index (Phi) is 4.36. The SMILES string of the molecule is CCOc1cccc(C(O)Cc2cnccc2N)c1. The molecule has 0 saturated heterocycles. The maximum atomic E-state index is 10.3. The van der Waals surface area contributed by atoms with E-state index < -0.39 is 6.10 Å². The molecule has 19 heavy (non-hydrogen) atoms. The molecular weight excluding hydrogens is 240 g/mol. The lowest BCUT2D eigenvalue weighted by Crippen LogP contribution is -2.05. The van der Waals surface area contributed by atoms with Crippen LogP contribution in [-0.2, 0) is 6.42 Å². The molecule has 1 unspecified atom stereocenters. The molecule has 0 aliphatic carbocycles. The van der Waals surface area contributed by atoms with Crippen molar-refractivity contribution in [2.45, 2.75) is 19.4 Å². The molecule has 0 spiro atoms. The van der Waals surface area contributed by atoms with Crippen LogP contribution in [0.5, 0.6) is 5.75 Å². The van der Waals surface area contributed by atoms with E-state index in [-0.39, 0.29) is 0 Å². The topological polar surface area (TPSA) is 68.4 Å². The van der Waals surface area contributed by atoms with Gasteiger partial charge in [-0.3, -0.25) is 4.98 Å². The molecule has 1 aromatic heterocycles. The first-order valence-electron chi connectivity index (χ1n) is 6.30. The Labute approximate surface area is 112 Å². The number of rotatable bonds is 5. The van der Waals surface area contributed by atoms with E-state index in [0.717, 1.165) is 16.9 Å². The molecule has 2 rings (SSSR count). The molecule has 1 aromatic carbocycles. The molecule has 0 radical (unpaired) electrons. The Morgan fingerprint density at radius 3 is 2.95 bits per heavy atom. The van der Waals surface area contributed by atoms with Crippen molar-refractivity contribution in [1.82, 2.24) is 4.98 Å². The van der Waals surface area contributed by atoms with E-state index in [1.165, 1.54) is 0 Å². The standard InChI is InChI=1S/C15H18N2O2/c1-2-19-13-5-3-4-11(8-13)15(18)9-12-10-17-7-6-14(12)16/h3-8,10,15,18H,2,9H2,1H3,(H2,16,17). The summed E-state index contributed by atoms with van der Waals surface area (Å²) >= 11 is 0. The van der Waals surface area contributed by atoms with Crippen LogP contribution < -0.4 is 10.5 Å². The summed E-state index contributed by atoms with van der Waals surface area (Å²) < 4.78 is 5.42. The van der Waals surface area contributed by atoms with Crippen LogP contribution in [0.25, 0.3) is 0 Å². The summed E-state index contributed by atoms with van der Waals surface area (Å²) in [5, 5.41) is 10.3. The fourth-order valence-electron chi connectivity index (χ4n) is 1.91. The number of hydrogen-bond acceptors (Lipinski definition) is 4. The van der Waals surface area contributed by atoms with Crippen LogP contribution in [0.2, 0.25) is 0 Å². The lowest BCUT2D eigenvalue weighted by Gasteiger charge is -2.13. The van der Waals surface area contributed by atoms with Gasteiger partial charge in [0.2, 0.25) is 0 Å². The minimum absolute atomic E-state index is 0.440. The maximum Gasteiger partial charge on any atom is 0.119 e. The van der Waals surface area contributed by atoms with Crippen LogP contribution in [0.4, 0.5) is 5.69 Å². The fourth-order valence-corrected chi connectivity index (χ4v) is 1.91. The monoisotopic (exact) mass is 258 g/mol. The van der Waals surface area contributed by atoms with Crippen molar-refractivity contribution in [2.24, 2.45) is 0 Å². The molecule has 0 aliphatic rings. The van der Waals surface area contributed by atoms with Crippen molar-refractivity contribution in [3.8, 4) is 5.75 Å². The Morgan fingerprint density at radius 1 is 1.37 bits per heavy atom. The highest BCUT2D eigenvalue weighted by molar-refractivity contribution is 5.45. The van der Waals surface area contributed by atoms with Crippen LogP contribution in [0.1, 0.15) is 24.2 Å². The molecule has 4 heteroatoms. The molecule has 0 saturated carbocycles. The lowest BCUT2D eigenvalue weighted by molar-refractivity contribution is 0.178. The third-order valence-electron chi connectivity index (χ3n) is 2.91. The first kappa shape index (κ1) is 13.4. The first-order chi connectivity index (χ1) is 9.20. The van der Waals surface area contributed by atoms with Gasteiger partial charge in [-0.05, 0) is 36.2 Å². The highest BCUT2D eigenvalue weighted by Crippen LogP contribution is 2.24. The first-order valence-corrected chi connectivity index (χ1v) is 6.30. The van der Waals surface area contributed by atoms with Gasteiger partial charge in [0.05, 0.1) is 12.7 Å². The zero-order chi connectivity index (χ0) is 13.7. The molecule has 4 nitrogen and oxygen atoms in total. The minimum atomic E-state index is -0.619. The lowest BCUT2D eigenvalue weighted by atomic mass is 10.0. The highest BCUT2D eigenvalue weighted by atomic mass is 16.5. The molecule has 3 N–H and O–H groups in total. The number of nitrogens with zero attached hydrogens (tertiary/aromatic N) is 1. The van der Waals surface area contributed by atoms with Gasteiger partial charge in [-0.2, -0.15) is 0 Å². The second-order valence-corrected chi connectivity index (χ2v) is 4.30. The zero-order valence-electron chi connectivity index (χ0n) is 10.9. The average Bonchev–Trinajstić information content (AvgIpc) is 2.42. The second kappa shape index (κ2) is 6.20. The van der Waals surface area contributed by atoms with Gasteiger partial charge in [0.1, 0.15) is 5.75 Å². The molecule has 1 heterocycles. The molecule has 0 amide bonds. The van der Waals surface area contributed by atoms with Crippen LogP contribution >= 0.6 is 0 Å². The third kappa shape index (κ3) is 3.45. The van der Waals surface area contributed by atoms with Gasteiger partial charge in [-0.1, -0.05) is 12.1 Å². The summed E-state index contributed by atoms with van der Waals surface area (Å²) in [7, 11) is 0. The van der Waals surface area contributed by atoms with Crippen molar-refractivity contribution in [3.05, 3.63) is 53.9 Å². The molecular formula is C15H18N2O2. The number of nitrogen functional groups attached to an aromatic ring is 1.